The van der Waals surface area contributed by atoms with Crippen molar-refractivity contribution < 1.29 is 0 Å². The second-order valence-corrected chi connectivity index (χ2v) is 8.07. The van der Waals surface area contributed by atoms with Crippen molar-refractivity contribution in [2.75, 3.05) is 0 Å². The van der Waals surface area contributed by atoms with Gasteiger partial charge in [0.2, 0.25) is 0 Å². The lowest BCUT2D eigenvalue weighted by atomic mass is 10.2. The van der Waals surface area contributed by atoms with Crippen molar-refractivity contribution in [3.8, 4) is 5.69 Å². The zero-order valence-electron chi connectivity index (χ0n) is 14.9. The monoisotopic (exact) mass is 396 g/mol. The molecule has 0 fully saturated rings. The van der Waals surface area contributed by atoms with Gasteiger partial charge in [-0.3, -0.25) is 9.36 Å². The Hall–Kier alpha value is -2.63. The molecule has 0 aliphatic heterocycles. The Morgan fingerprint density at radius 3 is 2.30 bits per heavy atom. The Bertz CT molecular complexity index is 1250. The Kier molecular flexibility index (Phi) is 4.50. The molecule has 2 aromatic carbocycles. The Balaban J connectivity index is 2.07. The molecule has 0 radical (unpaired) electrons. The molecule has 0 aliphatic carbocycles. The first-order chi connectivity index (χ1) is 13.0. The van der Waals surface area contributed by atoms with Crippen molar-refractivity contribution >= 4 is 33.2 Å². The number of fused-ring (bicyclic) bond motifs is 1. The van der Waals surface area contributed by atoms with E-state index >= 15 is 0 Å². The van der Waals surface area contributed by atoms with E-state index in [1.807, 2.05) is 44.2 Å². The fourth-order valence-electron chi connectivity index (χ4n) is 3.18. The predicted octanol–water partition coefficient (Wildman–Crippen LogP) is 4.53. The molecule has 2 heterocycles. The van der Waals surface area contributed by atoms with Gasteiger partial charge in [0, 0.05) is 9.90 Å². The van der Waals surface area contributed by atoms with Gasteiger partial charge in [-0.05, 0) is 49.2 Å². The number of nitrogens with zero attached hydrogens (tertiary/aromatic N) is 2. The summed E-state index contributed by atoms with van der Waals surface area (Å²) in [4.78, 5) is 28.3. The average molecular weight is 397 g/mol. The molecule has 0 aliphatic rings. The second kappa shape index (κ2) is 6.83. The summed E-state index contributed by atoms with van der Waals surface area (Å²) in [6, 6.07) is 16.5. The summed E-state index contributed by atoms with van der Waals surface area (Å²) >= 11 is 7.46. The van der Waals surface area contributed by atoms with Gasteiger partial charge in [-0.25, -0.2) is 9.36 Å². The smallest absolute Gasteiger partial charge is 0.280 e. The number of halogens is 1. The molecule has 4 aromatic rings. The Morgan fingerprint density at radius 2 is 1.63 bits per heavy atom. The lowest BCUT2D eigenvalue weighted by Gasteiger charge is -2.12. The summed E-state index contributed by atoms with van der Waals surface area (Å²) in [5.41, 5.74) is 1.81. The van der Waals surface area contributed by atoms with E-state index in [1.165, 1.54) is 15.9 Å². The number of thiophene rings is 1. The molecule has 6 heteroatoms. The zero-order chi connectivity index (χ0) is 19.1. The third-order valence-corrected chi connectivity index (χ3v) is 6.20. The van der Waals surface area contributed by atoms with E-state index in [4.69, 9.17) is 11.6 Å². The number of hydrogen-bond acceptors (Lipinski definition) is 3. The minimum absolute atomic E-state index is 0.288. The fourth-order valence-corrected chi connectivity index (χ4v) is 4.45. The highest BCUT2D eigenvalue weighted by molar-refractivity contribution is 7.18. The maximum atomic E-state index is 13.3. The van der Waals surface area contributed by atoms with Crippen molar-refractivity contribution in [2.24, 2.45) is 0 Å². The quantitative estimate of drug-likeness (QED) is 0.510. The Labute approximate surface area is 164 Å². The van der Waals surface area contributed by atoms with Gasteiger partial charge in [0.1, 0.15) is 4.83 Å². The Morgan fingerprint density at radius 1 is 0.963 bits per heavy atom. The largest absolute Gasteiger partial charge is 0.337 e. The van der Waals surface area contributed by atoms with Crippen molar-refractivity contribution in [2.45, 2.75) is 20.4 Å². The summed E-state index contributed by atoms with van der Waals surface area (Å²) in [6.45, 7) is 4.31. The van der Waals surface area contributed by atoms with Gasteiger partial charge >= 0.3 is 5.69 Å². The fraction of sp³-hybridized carbons (Fsp3) is 0.143. The van der Waals surface area contributed by atoms with E-state index < -0.39 is 0 Å². The van der Waals surface area contributed by atoms with Crippen LogP contribution in [0, 0.1) is 13.8 Å². The summed E-state index contributed by atoms with van der Waals surface area (Å²) in [6.07, 6.45) is 0. The van der Waals surface area contributed by atoms with Crippen LogP contribution in [0.25, 0.3) is 15.9 Å². The molecule has 136 valence electrons. The molecule has 0 spiro atoms. The van der Waals surface area contributed by atoms with Crippen LogP contribution in [0.5, 0.6) is 0 Å². The molecule has 0 amide bonds. The first-order valence-corrected chi connectivity index (χ1v) is 9.72. The van der Waals surface area contributed by atoms with Crippen LogP contribution < -0.4 is 11.2 Å². The third kappa shape index (κ3) is 3.03. The van der Waals surface area contributed by atoms with Crippen LogP contribution in [-0.4, -0.2) is 9.13 Å². The highest BCUT2D eigenvalue weighted by Gasteiger charge is 2.19. The van der Waals surface area contributed by atoms with Crippen molar-refractivity contribution in [1.29, 1.82) is 0 Å². The molecule has 2 aromatic heterocycles. The molecule has 0 bridgehead atoms. The topological polar surface area (TPSA) is 44.0 Å². The van der Waals surface area contributed by atoms with E-state index in [1.54, 1.807) is 28.8 Å². The minimum Gasteiger partial charge on any atom is -0.280 e. The van der Waals surface area contributed by atoms with Crippen molar-refractivity contribution in [1.82, 2.24) is 9.13 Å². The predicted molar refractivity (Wildman–Crippen MR) is 112 cm³/mol. The maximum Gasteiger partial charge on any atom is 0.337 e. The van der Waals surface area contributed by atoms with Crippen LogP contribution in [0.4, 0.5) is 0 Å². The van der Waals surface area contributed by atoms with E-state index in [0.717, 1.165) is 16.0 Å². The minimum atomic E-state index is -0.347. The molecular weight excluding hydrogens is 380 g/mol. The van der Waals surface area contributed by atoms with Crippen molar-refractivity contribution in [3.05, 3.63) is 96.5 Å². The van der Waals surface area contributed by atoms with Gasteiger partial charge in [-0.2, -0.15) is 0 Å². The second-order valence-electron chi connectivity index (χ2n) is 6.43. The highest BCUT2D eigenvalue weighted by atomic mass is 35.5. The SMILES string of the molecule is Cc1sc2c(c1C)c(=O)n(-c1ccc(Cl)cc1)c(=O)n2Cc1ccccc1. The third-order valence-electron chi connectivity index (χ3n) is 4.72. The lowest BCUT2D eigenvalue weighted by molar-refractivity contribution is 0.719. The van der Waals surface area contributed by atoms with Gasteiger partial charge < -0.3 is 0 Å². The molecule has 4 rings (SSSR count). The molecule has 0 saturated heterocycles. The molecule has 0 atom stereocenters. The van der Waals surface area contributed by atoms with E-state index in [0.29, 0.717) is 27.5 Å². The van der Waals surface area contributed by atoms with E-state index in [9.17, 15) is 9.59 Å². The molecule has 0 unspecified atom stereocenters. The number of benzene rings is 2. The van der Waals surface area contributed by atoms with Crippen LogP contribution in [0.3, 0.4) is 0 Å². The summed E-state index contributed by atoms with van der Waals surface area (Å²) in [7, 11) is 0. The summed E-state index contributed by atoms with van der Waals surface area (Å²) in [5, 5.41) is 1.16. The van der Waals surface area contributed by atoms with Gasteiger partial charge in [0.15, 0.2) is 0 Å². The number of rotatable bonds is 3. The first-order valence-electron chi connectivity index (χ1n) is 8.53. The number of aryl methyl sites for hydroxylation is 2. The summed E-state index contributed by atoms with van der Waals surface area (Å²) in [5.74, 6) is 0. The lowest BCUT2D eigenvalue weighted by Crippen LogP contribution is -2.38. The van der Waals surface area contributed by atoms with Crippen LogP contribution in [0.2, 0.25) is 5.02 Å². The molecule has 27 heavy (non-hydrogen) atoms. The number of aromatic nitrogens is 2. The van der Waals surface area contributed by atoms with Gasteiger partial charge in [-0.15, -0.1) is 11.3 Å². The molecule has 4 nitrogen and oxygen atoms in total. The number of hydrogen-bond donors (Lipinski definition) is 0. The first kappa shape index (κ1) is 17.8. The van der Waals surface area contributed by atoms with E-state index in [-0.39, 0.29) is 11.2 Å². The normalized spacial score (nSPS) is 11.2. The van der Waals surface area contributed by atoms with Gasteiger partial charge in [0.25, 0.3) is 5.56 Å². The molecule has 0 N–H and O–H groups in total. The molecule has 0 saturated carbocycles. The zero-order valence-corrected chi connectivity index (χ0v) is 16.5. The average Bonchev–Trinajstić information content (AvgIpc) is 2.96. The van der Waals surface area contributed by atoms with Crippen molar-refractivity contribution in [3.63, 3.8) is 0 Å². The van der Waals surface area contributed by atoms with Gasteiger partial charge in [-0.1, -0.05) is 41.9 Å². The van der Waals surface area contributed by atoms with Crippen LogP contribution >= 0.6 is 22.9 Å². The standard InChI is InChI=1S/C21H17ClN2O2S/c1-13-14(2)27-20-18(13)19(25)24(17-10-8-16(22)9-11-17)21(26)23(20)12-15-6-4-3-5-7-15/h3-11H,12H2,1-2H3. The maximum absolute atomic E-state index is 13.3. The van der Waals surface area contributed by atoms with Crippen LogP contribution in [-0.2, 0) is 6.54 Å². The van der Waals surface area contributed by atoms with E-state index in [2.05, 4.69) is 0 Å². The molecular formula is C21H17ClN2O2S. The van der Waals surface area contributed by atoms with Crippen LogP contribution in [0.1, 0.15) is 16.0 Å². The highest BCUT2D eigenvalue weighted by Crippen LogP contribution is 2.27. The van der Waals surface area contributed by atoms with Gasteiger partial charge in [0.05, 0.1) is 17.6 Å². The van der Waals surface area contributed by atoms with Crippen LogP contribution in [0.15, 0.2) is 64.2 Å². The summed E-state index contributed by atoms with van der Waals surface area (Å²) < 4.78 is 2.92.